The first-order chi connectivity index (χ1) is 8.10. The molecule has 0 saturated carbocycles. The first-order valence-electron chi connectivity index (χ1n) is 5.44. The van der Waals surface area contributed by atoms with E-state index in [0.717, 1.165) is 16.6 Å². The first-order valence-corrected chi connectivity index (χ1v) is 6.23. The largest absolute Gasteiger partial charge is 0.383 e. The van der Waals surface area contributed by atoms with E-state index in [-0.39, 0.29) is 11.9 Å². The van der Waals surface area contributed by atoms with Crippen molar-refractivity contribution in [3.05, 3.63) is 34.1 Å². The molecule has 96 valence electrons. The topological polar surface area (TPSA) is 38.5 Å². The molecule has 0 radical (unpaired) electrons. The van der Waals surface area contributed by atoms with Crippen molar-refractivity contribution in [2.75, 3.05) is 33.9 Å². The lowest BCUT2D eigenvalue weighted by atomic mass is 10.1. The van der Waals surface area contributed by atoms with Crippen LogP contribution in [0.4, 0.5) is 4.39 Å². The molecule has 1 aromatic rings. The van der Waals surface area contributed by atoms with Crippen LogP contribution in [0.3, 0.4) is 0 Å². The lowest BCUT2D eigenvalue weighted by molar-refractivity contribution is 0.140. The molecular formula is C12H18BrFN2O. The lowest BCUT2D eigenvalue weighted by Gasteiger charge is -2.27. The zero-order valence-electron chi connectivity index (χ0n) is 10.1. The van der Waals surface area contributed by atoms with Crippen molar-refractivity contribution in [1.29, 1.82) is 0 Å². The van der Waals surface area contributed by atoms with E-state index in [1.165, 1.54) is 12.1 Å². The van der Waals surface area contributed by atoms with Crippen molar-refractivity contribution >= 4 is 15.9 Å². The Morgan fingerprint density at radius 1 is 1.53 bits per heavy atom. The van der Waals surface area contributed by atoms with Crippen molar-refractivity contribution in [2.24, 2.45) is 5.73 Å². The molecule has 0 aromatic heterocycles. The van der Waals surface area contributed by atoms with Crippen LogP contribution in [0.25, 0.3) is 0 Å². The normalized spacial score (nSPS) is 13.1. The van der Waals surface area contributed by atoms with Gasteiger partial charge >= 0.3 is 0 Å². The maximum Gasteiger partial charge on any atom is 0.123 e. The Balaban J connectivity index is 2.88. The third kappa shape index (κ3) is 4.03. The number of rotatable bonds is 6. The standard InChI is InChI=1S/C12H18BrFN2O/c1-16(5-6-17-2)12(8-15)10-7-9(14)3-4-11(10)13/h3-4,7,12H,5-6,8,15H2,1-2H3. The van der Waals surface area contributed by atoms with Crippen LogP contribution in [-0.4, -0.2) is 38.8 Å². The van der Waals surface area contributed by atoms with Gasteiger partial charge in [-0.25, -0.2) is 4.39 Å². The van der Waals surface area contributed by atoms with Crippen molar-refractivity contribution in [2.45, 2.75) is 6.04 Å². The van der Waals surface area contributed by atoms with Gasteiger partial charge in [-0.3, -0.25) is 4.90 Å². The van der Waals surface area contributed by atoms with Gasteiger partial charge in [0.15, 0.2) is 0 Å². The van der Waals surface area contributed by atoms with E-state index in [0.29, 0.717) is 13.2 Å². The Labute approximate surface area is 110 Å². The molecule has 3 nitrogen and oxygen atoms in total. The monoisotopic (exact) mass is 304 g/mol. The minimum Gasteiger partial charge on any atom is -0.383 e. The van der Waals surface area contributed by atoms with E-state index in [2.05, 4.69) is 20.8 Å². The van der Waals surface area contributed by atoms with Gasteiger partial charge in [0.1, 0.15) is 5.82 Å². The van der Waals surface area contributed by atoms with Gasteiger partial charge in [0.05, 0.1) is 6.61 Å². The van der Waals surface area contributed by atoms with Crippen LogP contribution in [0.5, 0.6) is 0 Å². The van der Waals surface area contributed by atoms with Gasteiger partial charge in [-0.05, 0) is 30.8 Å². The molecule has 5 heteroatoms. The van der Waals surface area contributed by atoms with Crippen LogP contribution < -0.4 is 5.73 Å². The fraction of sp³-hybridized carbons (Fsp3) is 0.500. The summed E-state index contributed by atoms with van der Waals surface area (Å²) in [6.45, 7) is 1.81. The zero-order chi connectivity index (χ0) is 12.8. The summed E-state index contributed by atoms with van der Waals surface area (Å²) in [6, 6.07) is 4.63. The van der Waals surface area contributed by atoms with Crippen LogP contribution in [0.1, 0.15) is 11.6 Å². The smallest absolute Gasteiger partial charge is 0.123 e. The maximum absolute atomic E-state index is 13.3. The van der Waals surface area contributed by atoms with Crippen LogP contribution in [-0.2, 0) is 4.74 Å². The minimum atomic E-state index is -0.248. The molecule has 0 aliphatic heterocycles. The molecule has 0 amide bonds. The molecule has 1 atom stereocenters. The molecule has 1 aromatic carbocycles. The van der Waals surface area contributed by atoms with Gasteiger partial charge in [0, 0.05) is 30.7 Å². The summed E-state index contributed by atoms with van der Waals surface area (Å²) < 4.78 is 19.2. The number of nitrogens with two attached hydrogens (primary N) is 1. The molecule has 0 bridgehead atoms. The summed E-state index contributed by atoms with van der Waals surface area (Å²) in [5.74, 6) is -0.248. The van der Waals surface area contributed by atoms with E-state index in [1.807, 2.05) is 7.05 Å². The van der Waals surface area contributed by atoms with Crippen molar-refractivity contribution in [1.82, 2.24) is 4.90 Å². The quantitative estimate of drug-likeness (QED) is 0.875. The third-order valence-corrected chi connectivity index (χ3v) is 3.44. The van der Waals surface area contributed by atoms with E-state index in [9.17, 15) is 4.39 Å². The second-order valence-electron chi connectivity index (χ2n) is 3.89. The molecule has 0 heterocycles. The summed E-state index contributed by atoms with van der Waals surface area (Å²) in [7, 11) is 3.61. The number of likely N-dealkylation sites (N-methyl/N-ethyl adjacent to an activating group) is 1. The average Bonchev–Trinajstić information content (AvgIpc) is 2.32. The van der Waals surface area contributed by atoms with Crippen LogP contribution in [0.15, 0.2) is 22.7 Å². The van der Waals surface area contributed by atoms with E-state index < -0.39 is 0 Å². The highest BCUT2D eigenvalue weighted by Gasteiger charge is 2.18. The highest BCUT2D eigenvalue weighted by Crippen LogP contribution is 2.27. The van der Waals surface area contributed by atoms with Gasteiger partial charge < -0.3 is 10.5 Å². The number of nitrogens with zero attached hydrogens (tertiary/aromatic N) is 1. The van der Waals surface area contributed by atoms with Gasteiger partial charge in [-0.2, -0.15) is 0 Å². The number of ether oxygens (including phenoxy) is 1. The Morgan fingerprint density at radius 2 is 2.24 bits per heavy atom. The Bertz CT molecular complexity index is 362. The molecule has 1 unspecified atom stereocenters. The molecular weight excluding hydrogens is 287 g/mol. The Morgan fingerprint density at radius 3 is 2.82 bits per heavy atom. The zero-order valence-corrected chi connectivity index (χ0v) is 11.7. The molecule has 0 fully saturated rings. The predicted molar refractivity (Wildman–Crippen MR) is 70.4 cm³/mol. The van der Waals surface area contributed by atoms with Crippen molar-refractivity contribution in [3.8, 4) is 0 Å². The van der Waals surface area contributed by atoms with Gasteiger partial charge in [-0.15, -0.1) is 0 Å². The summed E-state index contributed by atoms with van der Waals surface area (Å²) in [4.78, 5) is 2.06. The number of hydrogen-bond acceptors (Lipinski definition) is 3. The van der Waals surface area contributed by atoms with Crippen molar-refractivity contribution in [3.63, 3.8) is 0 Å². The van der Waals surface area contributed by atoms with Gasteiger partial charge in [0.25, 0.3) is 0 Å². The number of methoxy groups -OCH3 is 1. The lowest BCUT2D eigenvalue weighted by Crippen LogP contribution is -2.33. The molecule has 0 aliphatic carbocycles. The number of halogens is 2. The van der Waals surface area contributed by atoms with Gasteiger partial charge in [0.2, 0.25) is 0 Å². The Kier molecular flexibility index (Phi) is 6.05. The Hall–Kier alpha value is -0.490. The minimum absolute atomic E-state index is 0.0183. The number of benzene rings is 1. The predicted octanol–water partition coefficient (Wildman–Crippen LogP) is 2.17. The number of hydrogen-bond donors (Lipinski definition) is 1. The highest BCUT2D eigenvalue weighted by molar-refractivity contribution is 9.10. The second-order valence-corrected chi connectivity index (χ2v) is 4.75. The molecule has 17 heavy (non-hydrogen) atoms. The van der Waals surface area contributed by atoms with Crippen LogP contribution in [0, 0.1) is 5.82 Å². The van der Waals surface area contributed by atoms with E-state index in [4.69, 9.17) is 10.5 Å². The fourth-order valence-corrected chi connectivity index (χ4v) is 2.22. The van der Waals surface area contributed by atoms with Gasteiger partial charge in [-0.1, -0.05) is 15.9 Å². The van der Waals surface area contributed by atoms with Crippen molar-refractivity contribution < 1.29 is 9.13 Å². The first kappa shape index (κ1) is 14.6. The fourth-order valence-electron chi connectivity index (χ4n) is 1.71. The SMILES string of the molecule is COCCN(C)C(CN)c1cc(F)ccc1Br. The highest BCUT2D eigenvalue weighted by atomic mass is 79.9. The molecule has 0 spiro atoms. The van der Waals surface area contributed by atoms with E-state index in [1.54, 1.807) is 13.2 Å². The third-order valence-electron chi connectivity index (χ3n) is 2.72. The summed E-state index contributed by atoms with van der Waals surface area (Å²) in [5.41, 5.74) is 6.64. The summed E-state index contributed by atoms with van der Waals surface area (Å²) >= 11 is 3.43. The second kappa shape index (κ2) is 7.06. The summed E-state index contributed by atoms with van der Waals surface area (Å²) in [5, 5.41) is 0. The molecule has 0 saturated heterocycles. The molecule has 0 aliphatic rings. The maximum atomic E-state index is 13.3. The molecule has 2 N–H and O–H groups in total. The van der Waals surface area contributed by atoms with Crippen LogP contribution >= 0.6 is 15.9 Å². The molecule has 1 rings (SSSR count). The van der Waals surface area contributed by atoms with E-state index >= 15 is 0 Å². The average molecular weight is 305 g/mol. The van der Waals surface area contributed by atoms with Crippen LogP contribution in [0.2, 0.25) is 0 Å². The summed E-state index contributed by atoms with van der Waals surface area (Å²) in [6.07, 6.45) is 0.